The van der Waals surface area contributed by atoms with Crippen LogP contribution in [-0.2, 0) is 6.42 Å². The van der Waals surface area contributed by atoms with Crippen LogP contribution in [0.4, 0.5) is 17.5 Å². The number of nitrogens with one attached hydrogen (secondary N) is 2. The summed E-state index contributed by atoms with van der Waals surface area (Å²) < 4.78 is 5.27. The predicted octanol–water partition coefficient (Wildman–Crippen LogP) is 5.15. The largest absolute Gasteiger partial charge is 0.497 e. The zero-order valence-corrected chi connectivity index (χ0v) is 16.5. The van der Waals surface area contributed by atoms with Gasteiger partial charge in [0, 0.05) is 29.0 Å². The number of benzene rings is 2. The highest BCUT2D eigenvalue weighted by Crippen LogP contribution is 2.25. The average Bonchev–Trinajstić information content (AvgIpc) is 2.65. The molecule has 0 aliphatic rings. The summed E-state index contributed by atoms with van der Waals surface area (Å²) in [6.07, 6.45) is 0.871. The van der Waals surface area contributed by atoms with E-state index in [0.717, 1.165) is 41.5 Å². The molecule has 0 radical (unpaired) electrons. The Morgan fingerprint density at radius 3 is 2.67 bits per heavy atom. The molecule has 1 aromatic heterocycles. The third kappa shape index (κ3) is 5.11. The first kappa shape index (κ1) is 19.0. The predicted molar refractivity (Wildman–Crippen MR) is 111 cm³/mol. The molecular formula is C21H23ClN4O. The smallest absolute Gasteiger partial charge is 0.229 e. The van der Waals surface area contributed by atoms with Crippen LogP contribution in [-0.4, -0.2) is 23.6 Å². The van der Waals surface area contributed by atoms with Crippen LogP contribution in [0.25, 0.3) is 0 Å². The van der Waals surface area contributed by atoms with Gasteiger partial charge in [0.05, 0.1) is 7.11 Å². The first-order chi connectivity index (χ1) is 13.0. The lowest BCUT2D eigenvalue weighted by Crippen LogP contribution is -2.09. The second-order valence-electron chi connectivity index (χ2n) is 6.28. The molecule has 0 saturated carbocycles. The number of ether oxygens (including phenoxy) is 1. The Labute approximate surface area is 164 Å². The first-order valence-corrected chi connectivity index (χ1v) is 9.17. The normalized spacial score (nSPS) is 10.5. The molecule has 3 aromatic rings. The molecule has 27 heavy (non-hydrogen) atoms. The summed E-state index contributed by atoms with van der Waals surface area (Å²) in [4.78, 5) is 9.03. The van der Waals surface area contributed by atoms with Crippen molar-refractivity contribution >= 4 is 29.1 Å². The molecule has 0 aliphatic carbocycles. The fraction of sp³-hybridized carbons (Fsp3) is 0.238. The van der Waals surface area contributed by atoms with Crippen molar-refractivity contribution in [3.05, 3.63) is 70.4 Å². The molecule has 0 aliphatic heterocycles. The standard InChI is InChI=1S/C21H23ClN4O/c1-14-12-20(23-11-10-16-6-4-7-17(13-16)27-3)26-21(24-14)25-19-9-5-8-18(22)15(19)2/h4-9,12-13H,10-11H2,1-3H3,(H2,23,24,25,26). The second-order valence-corrected chi connectivity index (χ2v) is 6.69. The van der Waals surface area contributed by atoms with Crippen molar-refractivity contribution in [3.63, 3.8) is 0 Å². The van der Waals surface area contributed by atoms with Gasteiger partial charge in [-0.3, -0.25) is 0 Å². The van der Waals surface area contributed by atoms with Gasteiger partial charge in [0.15, 0.2) is 0 Å². The van der Waals surface area contributed by atoms with Crippen molar-refractivity contribution in [2.45, 2.75) is 20.3 Å². The zero-order chi connectivity index (χ0) is 19.2. The van der Waals surface area contributed by atoms with Crippen LogP contribution in [0.3, 0.4) is 0 Å². The zero-order valence-electron chi connectivity index (χ0n) is 15.7. The van der Waals surface area contributed by atoms with E-state index in [-0.39, 0.29) is 0 Å². The van der Waals surface area contributed by atoms with Gasteiger partial charge in [0.1, 0.15) is 11.6 Å². The lowest BCUT2D eigenvalue weighted by molar-refractivity contribution is 0.414. The SMILES string of the molecule is COc1cccc(CCNc2cc(C)nc(Nc3cccc(Cl)c3C)n2)c1. The summed E-state index contributed by atoms with van der Waals surface area (Å²) >= 11 is 6.19. The van der Waals surface area contributed by atoms with Gasteiger partial charge in [-0.1, -0.05) is 29.8 Å². The fourth-order valence-electron chi connectivity index (χ4n) is 2.74. The number of hydrogen-bond acceptors (Lipinski definition) is 5. The van der Waals surface area contributed by atoms with E-state index in [1.54, 1.807) is 7.11 Å². The average molecular weight is 383 g/mol. The van der Waals surface area contributed by atoms with Crippen LogP contribution in [0.1, 0.15) is 16.8 Å². The van der Waals surface area contributed by atoms with Crippen molar-refractivity contribution < 1.29 is 4.74 Å². The van der Waals surface area contributed by atoms with Gasteiger partial charge in [-0.25, -0.2) is 4.98 Å². The number of anilines is 3. The summed E-state index contributed by atoms with van der Waals surface area (Å²) in [5.74, 6) is 2.20. The summed E-state index contributed by atoms with van der Waals surface area (Å²) in [6, 6.07) is 15.7. The number of rotatable bonds is 7. The minimum atomic E-state index is 0.546. The van der Waals surface area contributed by atoms with Gasteiger partial charge in [-0.15, -0.1) is 0 Å². The van der Waals surface area contributed by atoms with Gasteiger partial charge in [0.25, 0.3) is 0 Å². The molecule has 2 aromatic carbocycles. The quantitative estimate of drug-likeness (QED) is 0.591. The maximum atomic E-state index is 6.19. The Balaban J connectivity index is 1.67. The minimum Gasteiger partial charge on any atom is -0.497 e. The maximum absolute atomic E-state index is 6.19. The van der Waals surface area contributed by atoms with E-state index >= 15 is 0 Å². The molecule has 2 N–H and O–H groups in total. The molecule has 0 atom stereocenters. The molecule has 0 amide bonds. The third-order valence-corrected chi connectivity index (χ3v) is 4.63. The minimum absolute atomic E-state index is 0.546. The molecule has 0 unspecified atom stereocenters. The van der Waals surface area contributed by atoms with E-state index in [9.17, 15) is 0 Å². The number of hydrogen-bond donors (Lipinski definition) is 2. The van der Waals surface area contributed by atoms with E-state index in [0.29, 0.717) is 11.0 Å². The molecule has 0 saturated heterocycles. The number of nitrogens with zero attached hydrogens (tertiary/aromatic N) is 2. The van der Waals surface area contributed by atoms with Crippen molar-refractivity contribution in [3.8, 4) is 5.75 Å². The summed E-state index contributed by atoms with van der Waals surface area (Å²) in [7, 11) is 1.68. The van der Waals surface area contributed by atoms with E-state index in [4.69, 9.17) is 16.3 Å². The summed E-state index contributed by atoms with van der Waals surface area (Å²) in [5.41, 5.74) is 3.96. The van der Waals surface area contributed by atoms with Gasteiger partial charge >= 0.3 is 0 Å². The van der Waals surface area contributed by atoms with Crippen LogP contribution in [0.15, 0.2) is 48.5 Å². The highest BCUT2D eigenvalue weighted by molar-refractivity contribution is 6.31. The van der Waals surface area contributed by atoms with Crippen LogP contribution in [0.2, 0.25) is 5.02 Å². The number of aromatic nitrogens is 2. The Morgan fingerprint density at radius 2 is 1.85 bits per heavy atom. The monoisotopic (exact) mass is 382 g/mol. The third-order valence-electron chi connectivity index (χ3n) is 4.22. The van der Waals surface area contributed by atoms with Gasteiger partial charge < -0.3 is 15.4 Å². The maximum Gasteiger partial charge on any atom is 0.229 e. The van der Waals surface area contributed by atoms with Crippen LogP contribution < -0.4 is 15.4 Å². The van der Waals surface area contributed by atoms with Gasteiger partial charge in [0.2, 0.25) is 5.95 Å². The van der Waals surface area contributed by atoms with E-state index in [1.807, 2.05) is 56.3 Å². The first-order valence-electron chi connectivity index (χ1n) is 8.80. The van der Waals surface area contributed by atoms with Crippen molar-refractivity contribution in [1.29, 1.82) is 0 Å². The van der Waals surface area contributed by atoms with E-state index in [2.05, 4.69) is 26.7 Å². The molecule has 0 spiro atoms. The van der Waals surface area contributed by atoms with E-state index in [1.165, 1.54) is 5.56 Å². The van der Waals surface area contributed by atoms with Gasteiger partial charge in [-0.2, -0.15) is 4.98 Å². The number of methoxy groups -OCH3 is 1. The summed E-state index contributed by atoms with van der Waals surface area (Å²) in [6.45, 7) is 4.68. The molecule has 3 rings (SSSR count). The molecule has 6 heteroatoms. The molecular weight excluding hydrogens is 360 g/mol. The Bertz CT molecular complexity index is 930. The van der Waals surface area contributed by atoms with Crippen molar-refractivity contribution in [1.82, 2.24) is 9.97 Å². The van der Waals surface area contributed by atoms with Gasteiger partial charge in [-0.05, 0) is 55.7 Å². The lowest BCUT2D eigenvalue weighted by atomic mass is 10.1. The van der Waals surface area contributed by atoms with E-state index < -0.39 is 0 Å². The highest BCUT2D eigenvalue weighted by atomic mass is 35.5. The fourth-order valence-corrected chi connectivity index (χ4v) is 2.92. The van der Waals surface area contributed by atoms with Crippen LogP contribution in [0, 0.1) is 13.8 Å². The topological polar surface area (TPSA) is 59.1 Å². The van der Waals surface area contributed by atoms with Crippen LogP contribution in [0.5, 0.6) is 5.75 Å². The molecule has 0 bridgehead atoms. The Kier molecular flexibility index (Phi) is 6.14. The second kappa shape index (κ2) is 8.73. The Hall–Kier alpha value is -2.79. The number of halogens is 1. The highest BCUT2D eigenvalue weighted by Gasteiger charge is 2.06. The Morgan fingerprint density at radius 1 is 1.04 bits per heavy atom. The summed E-state index contributed by atoms with van der Waals surface area (Å²) in [5, 5.41) is 7.33. The molecule has 0 fully saturated rings. The van der Waals surface area contributed by atoms with Crippen LogP contribution >= 0.6 is 11.6 Å². The number of aryl methyl sites for hydroxylation is 1. The van der Waals surface area contributed by atoms with Crippen molar-refractivity contribution in [2.75, 3.05) is 24.3 Å². The molecule has 1 heterocycles. The lowest BCUT2D eigenvalue weighted by Gasteiger charge is -2.12. The molecule has 140 valence electrons. The van der Waals surface area contributed by atoms with Crippen molar-refractivity contribution in [2.24, 2.45) is 0 Å². The molecule has 5 nitrogen and oxygen atoms in total.